The standard InChI is InChI=1S/C38H26N4/c39-32-14-7-12-30-37(32)28(29-13-8-21-40-38(29)30)20-22-41-33-15-4-1-11-27(33)31-23-24(18-19-34(31)41)42-35-16-5-2-9-25(35)26-10-3-6-17-36(26)42/h1-21,23H,22,39H2/b28-20-. The van der Waals surface area contributed by atoms with E-state index < -0.39 is 0 Å². The Morgan fingerprint density at radius 3 is 2.00 bits per heavy atom. The number of aromatic nitrogens is 3. The molecule has 8 aromatic rings. The van der Waals surface area contributed by atoms with Gasteiger partial charge in [-0.25, -0.2) is 0 Å². The Morgan fingerprint density at radius 2 is 1.24 bits per heavy atom. The summed E-state index contributed by atoms with van der Waals surface area (Å²) in [5, 5.41) is 5.04. The lowest BCUT2D eigenvalue weighted by atomic mass is 10.0. The molecule has 2 N–H and O–H groups in total. The number of anilines is 1. The summed E-state index contributed by atoms with van der Waals surface area (Å²) >= 11 is 0. The van der Waals surface area contributed by atoms with Crippen molar-refractivity contribution in [3.63, 3.8) is 0 Å². The highest BCUT2D eigenvalue weighted by atomic mass is 15.0. The summed E-state index contributed by atoms with van der Waals surface area (Å²) < 4.78 is 4.81. The Labute approximate surface area is 242 Å². The van der Waals surface area contributed by atoms with Gasteiger partial charge in [-0.05, 0) is 54.1 Å². The molecule has 0 unspecified atom stereocenters. The first-order chi connectivity index (χ1) is 20.8. The van der Waals surface area contributed by atoms with Crippen LogP contribution in [-0.2, 0) is 6.54 Å². The Morgan fingerprint density at radius 1 is 0.595 bits per heavy atom. The molecule has 4 nitrogen and oxygen atoms in total. The van der Waals surface area contributed by atoms with Gasteiger partial charge in [0.1, 0.15) is 0 Å². The topological polar surface area (TPSA) is 48.8 Å². The lowest BCUT2D eigenvalue weighted by molar-refractivity contribution is 0.900. The number of para-hydroxylation sites is 3. The van der Waals surface area contributed by atoms with Gasteiger partial charge >= 0.3 is 0 Å². The summed E-state index contributed by atoms with van der Waals surface area (Å²) in [7, 11) is 0. The molecular formula is C38H26N4. The summed E-state index contributed by atoms with van der Waals surface area (Å²) in [6.45, 7) is 0.718. The number of rotatable bonds is 3. The van der Waals surface area contributed by atoms with Gasteiger partial charge in [0.25, 0.3) is 0 Å². The molecule has 0 saturated carbocycles. The maximum atomic E-state index is 6.54. The first-order valence-corrected chi connectivity index (χ1v) is 14.3. The summed E-state index contributed by atoms with van der Waals surface area (Å²) in [6.07, 6.45) is 4.17. The fraction of sp³-hybridized carbons (Fsp3) is 0.0263. The maximum absolute atomic E-state index is 6.54. The highest BCUT2D eigenvalue weighted by Crippen LogP contribution is 2.45. The highest BCUT2D eigenvalue weighted by Gasteiger charge is 2.26. The minimum atomic E-state index is 0.718. The predicted octanol–water partition coefficient (Wildman–Crippen LogP) is 8.98. The van der Waals surface area contributed by atoms with Crippen LogP contribution in [0.4, 0.5) is 5.69 Å². The van der Waals surface area contributed by atoms with E-state index in [-0.39, 0.29) is 0 Å². The van der Waals surface area contributed by atoms with E-state index in [2.05, 4.69) is 118 Å². The van der Waals surface area contributed by atoms with Crippen molar-refractivity contribution in [1.29, 1.82) is 0 Å². The van der Waals surface area contributed by atoms with E-state index in [1.165, 1.54) is 49.3 Å². The number of pyridine rings is 1. The molecule has 0 aliphatic heterocycles. The van der Waals surface area contributed by atoms with Gasteiger partial charge in [0.15, 0.2) is 0 Å². The van der Waals surface area contributed by atoms with Gasteiger partial charge in [0.2, 0.25) is 0 Å². The van der Waals surface area contributed by atoms with Crippen molar-refractivity contribution in [3.8, 4) is 16.9 Å². The maximum Gasteiger partial charge on any atom is 0.0787 e. The van der Waals surface area contributed by atoms with E-state index in [1.54, 1.807) is 0 Å². The second-order valence-electron chi connectivity index (χ2n) is 11.0. The molecule has 3 aromatic heterocycles. The van der Waals surface area contributed by atoms with Crippen molar-refractivity contribution in [2.24, 2.45) is 0 Å². The number of nitrogens with two attached hydrogens (primary N) is 1. The number of fused-ring (bicyclic) bond motifs is 9. The minimum absolute atomic E-state index is 0.718. The van der Waals surface area contributed by atoms with Crippen LogP contribution in [0.3, 0.4) is 0 Å². The zero-order valence-electron chi connectivity index (χ0n) is 22.8. The van der Waals surface area contributed by atoms with E-state index in [0.29, 0.717) is 0 Å². The van der Waals surface area contributed by atoms with Gasteiger partial charge in [-0.2, -0.15) is 0 Å². The number of hydrogen-bond acceptors (Lipinski definition) is 2. The van der Waals surface area contributed by atoms with E-state index >= 15 is 0 Å². The third-order valence-corrected chi connectivity index (χ3v) is 8.79. The SMILES string of the molecule is Nc1cccc2c1/C(=C\Cn1c3ccccc3c3cc(-n4c5ccccc5c5ccccc54)ccc31)c1cccnc1-2. The Balaban J connectivity index is 1.24. The third-order valence-electron chi connectivity index (χ3n) is 8.79. The van der Waals surface area contributed by atoms with Crippen LogP contribution < -0.4 is 5.73 Å². The second kappa shape index (κ2) is 8.69. The monoisotopic (exact) mass is 538 g/mol. The third kappa shape index (κ3) is 3.15. The average molecular weight is 539 g/mol. The molecule has 4 heteroatoms. The lowest BCUT2D eigenvalue weighted by Crippen LogP contribution is -1.98. The van der Waals surface area contributed by atoms with Crippen molar-refractivity contribution < 1.29 is 0 Å². The van der Waals surface area contributed by atoms with Crippen LogP contribution in [-0.4, -0.2) is 14.1 Å². The average Bonchev–Trinajstić information content (AvgIpc) is 3.66. The van der Waals surface area contributed by atoms with Crippen molar-refractivity contribution in [3.05, 3.63) is 145 Å². The minimum Gasteiger partial charge on any atom is -0.398 e. The molecule has 3 heterocycles. The van der Waals surface area contributed by atoms with Crippen LogP contribution >= 0.6 is 0 Å². The molecular weight excluding hydrogens is 512 g/mol. The molecule has 9 rings (SSSR count). The smallest absolute Gasteiger partial charge is 0.0787 e. The first-order valence-electron chi connectivity index (χ1n) is 14.3. The summed E-state index contributed by atoms with van der Waals surface area (Å²) in [4.78, 5) is 4.71. The summed E-state index contributed by atoms with van der Waals surface area (Å²) in [5.74, 6) is 0. The molecule has 0 saturated heterocycles. The summed E-state index contributed by atoms with van der Waals surface area (Å²) in [5.41, 5.74) is 18.8. The summed E-state index contributed by atoms with van der Waals surface area (Å²) in [6, 6.07) is 43.2. The van der Waals surface area contributed by atoms with Gasteiger partial charge in [-0.15, -0.1) is 0 Å². The fourth-order valence-corrected chi connectivity index (χ4v) is 7.01. The molecule has 5 aromatic carbocycles. The molecule has 0 atom stereocenters. The zero-order valence-corrected chi connectivity index (χ0v) is 22.8. The molecule has 1 aliphatic carbocycles. The Bertz CT molecular complexity index is 2350. The van der Waals surface area contributed by atoms with E-state index in [9.17, 15) is 0 Å². The van der Waals surface area contributed by atoms with Crippen molar-refractivity contribution in [2.75, 3.05) is 5.73 Å². The normalized spacial score (nSPS) is 13.5. The van der Waals surface area contributed by atoms with Crippen LogP contribution in [0.2, 0.25) is 0 Å². The molecule has 1 aliphatic rings. The van der Waals surface area contributed by atoms with Gasteiger partial charge in [0, 0.05) is 73.4 Å². The van der Waals surface area contributed by atoms with Gasteiger partial charge in [-0.1, -0.05) is 78.9 Å². The molecule has 0 amide bonds. The van der Waals surface area contributed by atoms with Crippen LogP contribution in [0.1, 0.15) is 11.1 Å². The van der Waals surface area contributed by atoms with Gasteiger partial charge in [-0.3, -0.25) is 4.98 Å². The predicted molar refractivity (Wildman–Crippen MR) is 175 cm³/mol. The van der Waals surface area contributed by atoms with E-state index in [4.69, 9.17) is 10.7 Å². The fourth-order valence-electron chi connectivity index (χ4n) is 7.01. The van der Waals surface area contributed by atoms with Crippen molar-refractivity contribution in [2.45, 2.75) is 6.54 Å². The largest absolute Gasteiger partial charge is 0.398 e. The molecule has 0 bridgehead atoms. The number of nitrogens with zero attached hydrogens (tertiary/aromatic N) is 3. The first kappa shape index (κ1) is 23.1. The number of allylic oxidation sites excluding steroid dienone is 1. The van der Waals surface area contributed by atoms with E-state index in [0.717, 1.165) is 40.2 Å². The number of hydrogen-bond donors (Lipinski definition) is 1. The molecule has 42 heavy (non-hydrogen) atoms. The number of benzene rings is 5. The van der Waals surface area contributed by atoms with Gasteiger partial charge in [0.05, 0.1) is 16.7 Å². The zero-order chi connectivity index (χ0) is 27.8. The number of nitrogen functional groups attached to an aromatic ring is 1. The highest BCUT2D eigenvalue weighted by molar-refractivity contribution is 6.12. The Hall–Kier alpha value is -5.61. The van der Waals surface area contributed by atoms with Crippen LogP contribution in [0.25, 0.3) is 66.1 Å². The van der Waals surface area contributed by atoms with Crippen molar-refractivity contribution in [1.82, 2.24) is 14.1 Å². The molecule has 0 fully saturated rings. The molecule has 0 radical (unpaired) electrons. The molecule has 0 spiro atoms. The van der Waals surface area contributed by atoms with Gasteiger partial charge < -0.3 is 14.9 Å². The van der Waals surface area contributed by atoms with Crippen LogP contribution in [0.5, 0.6) is 0 Å². The lowest BCUT2D eigenvalue weighted by Gasteiger charge is -2.10. The Kier molecular flexibility index (Phi) is 4.79. The van der Waals surface area contributed by atoms with Crippen molar-refractivity contribution >= 4 is 54.9 Å². The quantitative estimate of drug-likeness (QED) is 0.228. The van der Waals surface area contributed by atoms with Crippen LogP contribution in [0, 0.1) is 0 Å². The second-order valence-corrected chi connectivity index (χ2v) is 11.0. The van der Waals surface area contributed by atoms with E-state index in [1.807, 2.05) is 24.4 Å². The van der Waals surface area contributed by atoms with Crippen LogP contribution in [0.15, 0.2) is 134 Å². The molecule has 198 valence electrons.